The van der Waals surface area contributed by atoms with E-state index in [1.807, 2.05) is 19.9 Å². The Morgan fingerprint density at radius 2 is 2.16 bits per heavy atom. The first-order valence-corrected chi connectivity index (χ1v) is 7.15. The fourth-order valence-electron chi connectivity index (χ4n) is 1.36. The van der Waals surface area contributed by atoms with Crippen molar-refractivity contribution in [1.82, 2.24) is 0 Å². The van der Waals surface area contributed by atoms with E-state index < -0.39 is 0 Å². The summed E-state index contributed by atoms with van der Waals surface area (Å²) in [6, 6.07) is 8.96. The van der Waals surface area contributed by atoms with E-state index in [1.165, 1.54) is 11.8 Å². The quantitative estimate of drug-likeness (QED) is 0.837. The minimum Gasteiger partial charge on any atom is -0.396 e. The van der Waals surface area contributed by atoms with Gasteiger partial charge in [0, 0.05) is 6.61 Å². The van der Waals surface area contributed by atoms with Gasteiger partial charge in [0.15, 0.2) is 0 Å². The Balaban J connectivity index is 2.57. The molecule has 0 spiro atoms. The minimum absolute atomic E-state index is 0.124. The number of carbonyl (C=O) groups is 1. The third kappa shape index (κ3) is 4.93. The Morgan fingerprint density at radius 1 is 1.47 bits per heavy atom. The lowest BCUT2D eigenvalue weighted by Crippen LogP contribution is -2.24. The van der Waals surface area contributed by atoms with Gasteiger partial charge in [-0.3, -0.25) is 4.79 Å². The van der Waals surface area contributed by atoms with E-state index in [0.29, 0.717) is 11.3 Å². The molecule has 0 saturated carbocycles. The number of rotatable bonds is 6. The second-order valence-electron chi connectivity index (χ2n) is 4.41. The monoisotopic (exact) mass is 278 g/mol. The number of carbonyl (C=O) groups excluding carboxylic acids is 1. The molecular weight excluding hydrogens is 260 g/mol. The Bertz CT molecular complexity index is 471. The predicted molar refractivity (Wildman–Crippen MR) is 78.0 cm³/mol. The normalized spacial score (nSPS) is 13.4. The zero-order chi connectivity index (χ0) is 14.3. The summed E-state index contributed by atoms with van der Waals surface area (Å²) in [5.41, 5.74) is 0.995. The lowest BCUT2D eigenvalue weighted by Gasteiger charge is -2.14. The van der Waals surface area contributed by atoms with Crippen molar-refractivity contribution in [3.63, 3.8) is 0 Å². The standard InChI is InChI=1S/C14H18N2O2S/c1-10(8-17)9-19-11(2)14(18)16-13-6-4-3-5-12(13)7-15/h3-6,10-11,17H,8-9H2,1-2H3,(H,16,18). The predicted octanol–water partition coefficient (Wildman–Crippen LogP) is 2.25. The smallest absolute Gasteiger partial charge is 0.237 e. The number of amides is 1. The molecule has 102 valence electrons. The summed E-state index contributed by atoms with van der Waals surface area (Å²) in [6.45, 7) is 3.88. The van der Waals surface area contributed by atoms with Gasteiger partial charge in [-0.15, -0.1) is 11.8 Å². The Morgan fingerprint density at radius 3 is 2.79 bits per heavy atom. The topological polar surface area (TPSA) is 73.1 Å². The van der Waals surface area contributed by atoms with Crippen LogP contribution >= 0.6 is 11.8 Å². The summed E-state index contributed by atoms with van der Waals surface area (Å²) in [7, 11) is 0. The van der Waals surface area contributed by atoms with Crippen LogP contribution in [-0.2, 0) is 4.79 Å². The van der Waals surface area contributed by atoms with Crippen LogP contribution in [0.4, 0.5) is 5.69 Å². The van der Waals surface area contributed by atoms with Gasteiger partial charge in [0.25, 0.3) is 0 Å². The summed E-state index contributed by atoms with van der Waals surface area (Å²) in [6.07, 6.45) is 0. The Hall–Kier alpha value is -1.51. The minimum atomic E-state index is -0.222. The van der Waals surface area contributed by atoms with Gasteiger partial charge in [-0.05, 0) is 30.7 Å². The van der Waals surface area contributed by atoms with Gasteiger partial charge in [0.1, 0.15) is 6.07 Å². The third-order valence-corrected chi connectivity index (χ3v) is 4.09. The maximum Gasteiger partial charge on any atom is 0.237 e. The average Bonchev–Trinajstić information content (AvgIpc) is 2.44. The highest BCUT2D eigenvalue weighted by molar-refractivity contribution is 8.00. The molecule has 0 aliphatic carbocycles. The lowest BCUT2D eigenvalue weighted by molar-refractivity contribution is -0.115. The van der Waals surface area contributed by atoms with Crippen molar-refractivity contribution in [3.05, 3.63) is 29.8 Å². The first-order valence-electron chi connectivity index (χ1n) is 6.11. The van der Waals surface area contributed by atoms with Crippen LogP contribution in [0.3, 0.4) is 0 Å². The number of thioether (sulfide) groups is 1. The molecule has 0 fully saturated rings. The highest BCUT2D eigenvalue weighted by atomic mass is 32.2. The molecule has 0 aliphatic heterocycles. The van der Waals surface area contributed by atoms with Crippen LogP contribution in [0.2, 0.25) is 0 Å². The van der Waals surface area contributed by atoms with Crippen molar-refractivity contribution < 1.29 is 9.90 Å². The summed E-state index contributed by atoms with van der Waals surface area (Å²) in [5.74, 6) is 0.773. The third-order valence-electron chi connectivity index (χ3n) is 2.62. The summed E-state index contributed by atoms with van der Waals surface area (Å²) >= 11 is 1.49. The highest BCUT2D eigenvalue weighted by Gasteiger charge is 2.15. The number of para-hydroxylation sites is 1. The second-order valence-corrected chi connectivity index (χ2v) is 5.78. The first-order chi connectivity index (χ1) is 9.08. The van der Waals surface area contributed by atoms with Crippen molar-refractivity contribution >= 4 is 23.4 Å². The molecule has 1 aromatic rings. The number of anilines is 1. The number of benzene rings is 1. The molecule has 0 aromatic heterocycles. The molecule has 0 saturated heterocycles. The van der Waals surface area contributed by atoms with Crippen LogP contribution in [0, 0.1) is 17.2 Å². The van der Waals surface area contributed by atoms with Crippen molar-refractivity contribution in [2.24, 2.45) is 5.92 Å². The average molecular weight is 278 g/mol. The lowest BCUT2D eigenvalue weighted by atomic mass is 10.2. The molecule has 0 bridgehead atoms. The van der Waals surface area contributed by atoms with Crippen molar-refractivity contribution in [2.45, 2.75) is 19.1 Å². The summed E-state index contributed by atoms with van der Waals surface area (Å²) in [5, 5.41) is 20.4. The molecule has 5 heteroatoms. The van der Waals surface area contributed by atoms with E-state index in [0.717, 1.165) is 5.75 Å². The van der Waals surface area contributed by atoms with Gasteiger partial charge in [0.05, 0.1) is 16.5 Å². The molecule has 0 heterocycles. The fraction of sp³-hybridized carbons (Fsp3) is 0.429. The second kappa shape index (κ2) is 7.82. The van der Waals surface area contributed by atoms with Crippen LogP contribution in [0.15, 0.2) is 24.3 Å². The van der Waals surface area contributed by atoms with Gasteiger partial charge in [-0.2, -0.15) is 5.26 Å². The molecular formula is C14H18N2O2S. The fourth-order valence-corrected chi connectivity index (χ4v) is 2.29. The van der Waals surface area contributed by atoms with E-state index in [4.69, 9.17) is 10.4 Å². The van der Waals surface area contributed by atoms with E-state index in [1.54, 1.807) is 24.3 Å². The number of hydrogen-bond acceptors (Lipinski definition) is 4. The van der Waals surface area contributed by atoms with E-state index >= 15 is 0 Å². The van der Waals surface area contributed by atoms with E-state index in [2.05, 4.69) is 5.32 Å². The van der Waals surface area contributed by atoms with Gasteiger partial charge in [0.2, 0.25) is 5.91 Å². The molecule has 2 unspecified atom stereocenters. The largest absolute Gasteiger partial charge is 0.396 e. The number of nitrogens with zero attached hydrogens (tertiary/aromatic N) is 1. The molecule has 2 atom stereocenters. The summed E-state index contributed by atoms with van der Waals surface area (Å²) in [4.78, 5) is 12.0. The van der Waals surface area contributed by atoms with Crippen LogP contribution in [0.5, 0.6) is 0 Å². The van der Waals surface area contributed by atoms with Crippen molar-refractivity contribution in [2.75, 3.05) is 17.7 Å². The number of nitriles is 1. The molecule has 1 rings (SSSR count). The van der Waals surface area contributed by atoms with E-state index in [-0.39, 0.29) is 23.7 Å². The maximum absolute atomic E-state index is 12.0. The van der Waals surface area contributed by atoms with Crippen LogP contribution in [0.25, 0.3) is 0 Å². The van der Waals surface area contributed by atoms with Gasteiger partial charge in [-0.1, -0.05) is 19.1 Å². The molecule has 2 N–H and O–H groups in total. The van der Waals surface area contributed by atoms with Crippen molar-refractivity contribution in [3.8, 4) is 6.07 Å². The van der Waals surface area contributed by atoms with Gasteiger partial charge >= 0.3 is 0 Å². The first kappa shape index (κ1) is 15.5. The number of aliphatic hydroxyl groups is 1. The number of hydrogen-bond donors (Lipinski definition) is 2. The zero-order valence-electron chi connectivity index (χ0n) is 11.1. The summed E-state index contributed by atoms with van der Waals surface area (Å²) < 4.78 is 0. The van der Waals surface area contributed by atoms with Crippen LogP contribution < -0.4 is 5.32 Å². The number of nitrogens with one attached hydrogen (secondary N) is 1. The van der Waals surface area contributed by atoms with Gasteiger partial charge < -0.3 is 10.4 Å². The molecule has 0 aliphatic rings. The zero-order valence-corrected chi connectivity index (χ0v) is 11.9. The molecule has 0 radical (unpaired) electrons. The SMILES string of the molecule is CC(CO)CSC(C)C(=O)Nc1ccccc1C#N. The highest BCUT2D eigenvalue weighted by Crippen LogP contribution is 2.19. The Labute approximate surface area is 117 Å². The van der Waals surface area contributed by atoms with Crippen LogP contribution in [-0.4, -0.2) is 28.6 Å². The molecule has 1 aromatic carbocycles. The maximum atomic E-state index is 12.0. The Kier molecular flexibility index (Phi) is 6.40. The van der Waals surface area contributed by atoms with E-state index in [9.17, 15) is 4.79 Å². The van der Waals surface area contributed by atoms with Gasteiger partial charge in [-0.25, -0.2) is 0 Å². The van der Waals surface area contributed by atoms with Crippen LogP contribution in [0.1, 0.15) is 19.4 Å². The molecule has 1 amide bonds. The molecule has 19 heavy (non-hydrogen) atoms. The number of aliphatic hydroxyl groups excluding tert-OH is 1. The molecule has 4 nitrogen and oxygen atoms in total. The van der Waals surface area contributed by atoms with Crippen molar-refractivity contribution in [1.29, 1.82) is 5.26 Å².